The summed E-state index contributed by atoms with van der Waals surface area (Å²) in [6, 6.07) is 3.90. The van der Waals surface area contributed by atoms with Gasteiger partial charge in [0.05, 0.1) is 13.2 Å². The molecule has 0 spiro atoms. The maximum absolute atomic E-state index is 9.47. The van der Waals surface area contributed by atoms with Crippen LogP contribution in [-0.2, 0) is 25.6 Å². The molecule has 2 aromatic heterocycles. The highest BCUT2D eigenvalue weighted by Crippen LogP contribution is 2.25. The zero-order valence-corrected chi connectivity index (χ0v) is 13.5. The van der Waals surface area contributed by atoms with Crippen molar-refractivity contribution in [1.29, 1.82) is 0 Å². The van der Waals surface area contributed by atoms with Gasteiger partial charge in [0.2, 0.25) is 0 Å². The van der Waals surface area contributed by atoms with Gasteiger partial charge in [0.1, 0.15) is 11.6 Å². The Kier molecular flexibility index (Phi) is 4.32. The van der Waals surface area contributed by atoms with Crippen LogP contribution in [0.15, 0.2) is 24.5 Å². The van der Waals surface area contributed by atoms with E-state index in [2.05, 4.69) is 30.7 Å². The van der Waals surface area contributed by atoms with Crippen LogP contribution in [0.1, 0.15) is 37.9 Å². The van der Waals surface area contributed by atoms with Gasteiger partial charge >= 0.3 is 0 Å². The van der Waals surface area contributed by atoms with Gasteiger partial charge in [-0.1, -0.05) is 20.8 Å². The first kappa shape index (κ1) is 15.5. The smallest absolute Gasteiger partial charge is 0.129 e. The van der Waals surface area contributed by atoms with E-state index in [0.29, 0.717) is 6.54 Å². The van der Waals surface area contributed by atoms with E-state index in [1.807, 2.05) is 37.0 Å². The van der Waals surface area contributed by atoms with E-state index in [1.165, 1.54) is 0 Å². The second-order valence-corrected chi connectivity index (χ2v) is 6.44. The minimum absolute atomic E-state index is 0.0227. The van der Waals surface area contributed by atoms with Gasteiger partial charge in [0, 0.05) is 37.6 Å². The Morgan fingerprint density at radius 1 is 1.29 bits per heavy atom. The Balaban J connectivity index is 2.32. The highest BCUT2D eigenvalue weighted by atomic mass is 16.3. The van der Waals surface area contributed by atoms with Gasteiger partial charge in [-0.2, -0.15) is 0 Å². The molecule has 2 aromatic rings. The fraction of sp³-hybridized carbons (Fsp3) is 0.500. The summed E-state index contributed by atoms with van der Waals surface area (Å²) in [5, 5.41) is 9.47. The predicted molar refractivity (Wildman–Crippen MR) is 84.2 cm³/mol. The maximum Gasteiger partial charge on any atom is 0.129 e. The third-order valence-corrected chi connectivity index (χ3v) is 3.51. The quantitative estimate of drug-likeness (QED) is 0.937. The minimum Gasteiger partial charge on any atom is -0.392 e. The third kappa shape index (κ3) is 3.61. The van der Waals surface area contributed by atoms with Crippen LogP contribution in [0.25, 0.3) is 0 Å². The van der Waals surface area contributed by atoms with Crippen molar-refractivity contribution in [1.82, 2.24) is 14.5 Å². The molecule has 0 fully saturated rings. The standard InChI is InChI=1S/C16H24N4O/c1-16(2,3)13-8-12(11-21)9-14(18-13)20(5)10-15-17-6-7-19(15)4/h6-9,21H,10-11H2,1-5H3. The summed E-state index contributed by atoms with van der Waals surface area (Å²) < 4.78 is 2.00. The first-order valence-electron chi connectivity index (χ1n) is 7.11. The number of aliphatic hydroxyl groups excluding tert-OH is 1. The number of anilines is 1. The van der Waals surface area contributed by atoms with E-state index in [-0.39, 0.29) is 12.0 Å². The number of nitrogens with zero attached hydrogens (tertiary/aromatic N) is 4. The molecule has 0 aliphatic carbocycles. The van der Waals surface area contributed by atoms with E-state index in [1.54, 1.807) is 6.20 Å². The number of aliphatic hydroxyl groups is 1. The van der Waals surface area contributed by atoms with Crippen LogP contribution in [0.3, 0.4) is 0 Å². The van der Waals surface area contributed by atoms with E-state index in [9.17, 15) is 5.11 Å². The zero-order valence-electron chi connectivity index (χ0n) is 13.5. The van der Waals surface area contributed by atoms with Crippen LogP contribution in [0, 0.1) is 0 Å². The third-order valence-electron chi connectivity index (χ3n) is 3.51. The molecule has 0 aliphatic heterocycles. The van der Waals surface area contributed by atoms with E-state index >= 15 is 0 Å². The number of aromatic nitrogens is 3. The van der Waals surface area contributed by atoms with E-state index in [4.69, 9.17) is 4.98 Å². The highest BCUT2D eigenvalue weighted by molar-refractivity contribution is 5.43. The van der Waals surface area contributed by atoms with Crippen molar-refractivity contribution < 1.29 is 5.11 Å². The number of imidazole rings is 1. The van der Waals surface area contributed by atoms with Crippen LogP contribution in [0.4, 0.5) is 5.82 Å². The number of pyridine rings is 1. The molecule has 0 saturated heterocycles. The molecule has 1 N–H and O–H groups in total. The molecule has 0 amide bonds. The molecule has 5 nitrogen and oxygen atoms in total. The second-order valence-electron chi connectivity index (χ2n) is 6.44. The lowest BCUT2D eigenvalue weighted by Crippen LogP contribution is -2.22. The Morgan fingerprint density at radius 3 is 2.52 bits per heavy atom. The van der Waals surface area contributed by atoms with Crippen LogP contribution in [-0.4, -0.2) is 26.7 Å². The molecule has 114 valence electrons. The normalized spacial score (nSPS) is 11.7. The van der Waals surface area contributed by atoms with Crippen LogP contribution >= 0.6 is 0 Å². The Bertz CT molecular complexity index is 613. The molecule has 0 aliphatic rings. The molecule has 0 unspecified atom stereocenters. The largest absolute Gasteiger partial charge is 0.392 e. The van der Waals surface area contributed by atoms with Gasteiger partial charge < -0.3 is 14.6 Å². The zero-order chi connectivity index (χ0) is 15.6. The van der Waals surface area contributed by atoms with Crippen molar-refractivity contribution in [3.8, 4) is 0 Å². The molecule has 0 saturated carbocycles. The van der Waals surface area contributed by atoms with Gasteiger partial charge in [0.25, 0.3) is 0 Å². The second kappa shape index (κ2) is 5.85. The SMILES string of the molecule is CN(Cc1nccn1C)c1cc(CO)cc(C(C)(C)C)n1. The summed E-state index contributed by atoms with van der Waals surface area (Å²) in [6.07, 6.45) is 3.72. The minimum atomic E-state index is -0.0516. The summed E-state index contributed by atoms with van der Waals surface area (Å²) in [7, 11) is 3.97. The number of rotatable bonds is 4. The van der Waals surface area contributed by atoms with Gasteiger partial charge in [-0.25, -0.2) is 9.97 Å². The van der Waals surface area contributed by atoms with Crippen molar-refractivity contribution in [2.24, 2.45) is 7.05 Å². The first-order valence-corrected chi connectivity index (χ1v) is 7.11. The number of hydrogen-bond acceptors (Lipinski definition) is 4. The lowest BCUT2D eigenvalue weighted by Gasteiger charge is -2.24. The average molecular weight is 288 g/mol. The van der Waals surface area contributed by atoms with Crippen LogP contribution < -0.4 is 4.90 Å². The highest BCUT2D eigenvalue weighted by Gasteiger charge is 2.18. The van der Waals surface area contributed by atoms with Gasteiger partial charge in [-0.3, -0.25) is 0 Å². The molecule has 0 radical (unpaired) electrons. The van der Waals surface area contributed by atoms with Crippen molar-refractivity contribution in [3.63, 3.8) is 0 Å². The molecule has 5 heteroatoms. The maximum atomic E-state index is 9.47. The first-order chi connectivity index (χ1) is 9.81. The Labute approximate surface area is 126 Å². The van der Waals surface area contributed by atoms with Gasteiger partial charge in [-0.05, 0) is 17.7 Å². The molecular weight excluding hydrogens is 264 g/mol. The molecule has 0 atom stereocenters. The molecule has 0 aromatic carbocycles. The van der Waals surface area contributed by atoms with Crippen LogP contribution in [0.5, 0.6) is 0 Å². The summed E-state index contributed by atoms with van der Waals surface area (Å²) in [4.78, 5) is 11.1. The van der Waals surface area contributed by atoms with E-state index < -0.39 is 0 Å². The lowest BCUT2D eigenvalue weighted by atomic mass is 9.91. The summed E-state index contributed by atoms with van der Waals surface area (Å²) in [5.41, 5.74) is 1.82. The molecule has 21 heavy (non-hydrogen) atoms. The van der Waals surface area contributed by atoms with Crippen molar-refractivity contribution in [2.75, 3.05) is 11.9 Å². The van der Waals surface area contributed by atoms with Crippen LogP contribution in [0.2, 0.25) is 0 Å². The molecule has 0 bridgehead atoms. The fourth-order valence-corrected chi connectivity index (χ4v) is 2.08. The summed E-state index contributed by atoms with van der Waals surface area (Å²) in [5.74, 6) is 1.83. The molecule has 2 rings (SSSR count). The Morgan fingerprint density at radius 2 is 2.00 bits per heavy atom. The van der Waals surface area contributed by atoms with Gasteiger partial charge in [0.15, 0.2) is 0 Å². The van der Waals surface area contributed by atoms with Crippen molar-refractivity contribution >= 4 is 5.82 Å². The van der Waals surface area contributed by atoms with Crippen molar-refractivity contribution in [2.45, 2.75) is 39.3 Å². The number of hydrogen-bond donors (Lipinski definition) is 1. The lowest BCUT2D eigenvalue weighted by molar-refractivity contribution is 0.281. The van der Waals surface area contributed by atoms with E-state index in [0.717, 1.165) is 22.9 Å². The average Bonchev–Trinajstić information content (AvgIpc) is 2.82. The topological polar surface area (TPSA) is 54.2 Å². The Hall–Kier alpha value is -1.88. The predicted octanol–water partition coefficient (Wildman–Crippen LogP) is 2.24. The van der Waals surface area contributed by atoms with Gasteiger partial charge in [-0.15, -0.1) is 0 Å². The fourth-order valence-electron chi connectivity index (χ4n) is 2.08. The molecule has 2 heterocycles. The molecular formula is C16H24N4O. The summed E-state index contributed by atoms with van der Waals surface area (Å²) >= 11 is 0. The monoisotopic (exact) mass is 288 g/mol. The van der Waals surface area contributed by atoms with Crippen molar-refractivity contribution in [3.05, 3.63) is 41.6 Å². The number of aryl methyl sites for hydroxylation is 1. The summed E-state index contributed by atoms with van der Waals surface area (Å²) in [6.45, 7) is 7.07.